The SMILES string of the molecule is c1cc(N2CCCCCC2)c2nc(N3CCCCCC3)sc2c1. The lowest BCUT2D eigenvalue weighted by Crippen LogP contribution is -2.24. The van der Waals surface area contributed by atoms with Crippen LogP contribution in [-0.4, -0.2) is 31.2 Å². The van der Waals surface area contributed by atoms with Crippen molar-refractivity contribution in [1.82, 2.24) is 4.98 Å². The molecule has 0 unspecified atom stereocenters. The highest BCUT2D eigenvalue weighted by molar-refractivity contribution is 7.22. The second-order valence-corrected chi connectivity index (χ2v) is 7.93. The van der Waals surface area contributed by atoms with Crippen molar-refractivity contribution in [3.63, 3.8) is 0 Å². The van der Waals surface area contributed by atoms with Crippen molar-refractivity contribution >= 4 is 32.4 Å². The van der Waals surface area contributed by atoms with E-state index >= 15 is 0 Å². The van der Waals surface area contributed by atoms with Gasteiger partial charge in [0.2, 0.25) is 0 Å². The van der Waals surface area contributed by atoms with Crippen LogP contribution in [0.25, 0.3) is 10.2 Å². The van der Waals surface area contributed by atoms with Crippen LogP contribution < -0.4 is 9.80 Å². The Labute approximate surface area is 143 Å². The molecule has 0 saturated carbocycles. The van der Waals surface area contributed by atoms with Crippen LogP contribution in [0.5, 0.6) is 0 Å². The number of aromatic nitrogens is 1. The van der Waals surface area contributed by atoms with E-state index in [1.54, 1.807) is 0 Å². The fourth-order valence-electron chi connectivity index (χ4n) is 3.89. The summed E-state index contributed by atoms with van der Waals surface area (Å²) in [5, 5.41) is 1.24. The summed E-state index contributed by atoms with van der Waals surface area (Å²) in [4.78, 5) is 10.2. The van der Waals surface area contributed by atoms with Crippen molar-refractivity contribution < 1.29 is 0 Å². The van der Waals surface area contributed by atoms with Gasteiger partial charge in [-0.25, -0.2) is 4.98 Å². The predicted octanol–water partition coefficient (Wildman–Crippen LogP) is 5.06. The highest BCUT2D eigenvalue weighted by Gasteiger charge is 2.18. The van der Waals surface area contributed by atoms with Crippen LogP contribution in [-0.2, 0) is 0 Å². The minimum absolute atomic E-state index is 1.18. The van der Waals surface area contributed by atoms with E-state index in [9.17, 15) is 0 Å². The van der Waals surface area contributed by atoms with E-state index in [0.717, 1.165) is 0 Å². The molecule has 0 spiro atoms. The fourth-order valence-corrected chi connectivity index (χ4v) is 4.93. The third-order valence-electron chi connectivity index (χ3n) is 5.21. The Kier molecular flexibility index (Phi) is 4.69. The topological polar surface area (TPSA) is 19.4 Å². The Morgan fingerprint density at radius 2 is 1.35 bits per heavy atom. The third kappa shape index (κ3) is 3.32. The lowest BCUT2D eigenvalue weighted by Gasteiger charge is -2.23. The number of thiazole rings is 1. The smallest absolute Gasteiger partial charge is 0.186 e. The number of nitrogens with zero attached hydrogens (tertiary/aromatic N) is 3. The second kappa shape index (κ2) is 7.08. The first kappa shape index (κ1) is 15.3. The van der Waals surface area contributed by atoms with Gasteiger partial charge in [0.05, 0.1) is 10.4 Å². The number of para-hydroxylation sites is 1. The van der Waals surface area contributed by atoms with Crippen LogP contribution in [0.1, 0.15) is 51.4 Å². The van der Waals surface area contributed by atoms with Gasteiger partial charge in [-0.3, -0.25) is 0 Å². The maximum absolute atomic E-state index is 5.09. The zero-order valence-electron chi connectivity index (χ0n) is 14.0. The number of hydrogen-bond donors (Lipinski definition) is 0. The van der Waals surface area contributed by atoms with Gasteiger partial charge in [0.1, 0.15) is 5.52 Å². The largest absolute Gasteiger partial charge is 0.370 e. The van der Waals surface area contributed by atoms with E-state index in [2.05, 4.69) is 28.0 Å². The van der Waals surface area contributed by atoms with Gasteiger partial charge in [-0.2, -0.15) is 0 Å². The molecule has 2 aromatic rings. The van der Waals surface area contributed by atoms with Gasteiger partial charge in [-0.15, -0.1) is 0 Å². The van der Waals surface area contributed by atoms with E-state index in [-0.39, 0.29) is 0 Å². The van der Waals surface area contributed by atoms with Gasteiger partial charge in [-0.05, 0) is 37.8 Å². The van der Waals surface area contributed by atoms with Gasteiger partial charge in [-0.1, -0.05) is 43.1 Å². The summed E-state index contributed by atoms with van der Waals surface area (Å²) < 4.78 is 1.35. The van der Waals surface area contributed by atoms with E-state index in [1.807, 2.05) is 11.3 Å². The molecule has 4 heteroatoms. The van der Waals surface area contributed by atoms with Crippen LogP contribution in [0.15, 0.2) is 18.2 Å². The Bertz CT molecular complexity index is 635. The minimum atomic E-state index is 1.18. The minimum Gasteiger partial charge on any atom is -0.370 e. The molecule has 1 aromatic carbocycles. The van der Waals surface area contributed by atoms with Crippen LogP contribution in [0, 0.1) is 0 Å². The molecule has 2 aliphatic heterocycles. The first-order valence-corrected chi connectivity index (χ1v) is 10.1. The van der Waals surface area contributed by atoms with Gasteiger partial charge >= 0.3 is 0 Å². The molecular weight excluding hydrogens is 302 g/mol. The summed E-state index contributed by atoms with van der Waals surface area (Å²) in [6.45, 7) is 4.74. The van der Waals surface area contributed by atoms with Crippen LogP contribution >= 0.6 is 11.3 Å². The average molecular weight is 330 g/mol. The molecule has 2 aliphatic rings. The molecule has 0 bridgehead atoms. The molecule has 0 radical (unpaired) electrons. The molecule has 3 nitrogen and oxygen atoms in total. The van der Waals surface area contributed by atoms with Crippen molar-refractivity contribution in [3.05, 3.63) is 18.2 Å². The molecule has 0 amide bonds. The van der Waals surface area contributed by atoms with Crippen LogP contribution in [0.2, 0.25) is 0 Å². The summed E-state index contributed by atoms with van der Waals surface area (Å²) in [5.41, 5.74) is 2.60. The summed E-state index contributed by atoms with van der Waals surface area (Å²) in [7, 11) is 0. The zero-order chi connectivity index (χ0) is 15.5. The van der Waals surface area contributed by atoms with Gasteiger partial charge in [0, 0.05) is 26.2 Å². The Balaban J connectivity index is 1.66. The first-order valence-electron chi connectivity index (χ1n) is 9.31. The van der Waals surface area contributed by atoms with E-state index in [0.29, 0.717) is 0 Å². The zero-order valence-corrected chi connectivity index (χ0v) is 14.8. The summed E-state index contributed by atoms with van der Waals surface area (Å²) in [6.07, 6.45) is 10.8. The number of hydrogen-bond acceptors (Lipinski definition) is 4. The van der Waals surface area contributed by atoms with E-state index < -0.39 is 0 Å². The fraction of sp³-hybridized carbons (Fsp3) is 0.632. The van der Waals surface area contributed by atoms with Crippen LogP contribution in [0.3, 0.4) is 0 Å². The van der Waals surface area contributed by atoms with Gasteiger partial charge < -0.3 is 9.80 Å². The molecule has 2 fully saturated rings. The Morgan fingerprint density at radius 3 is 2.00 bits per heavy atom. The monoisotopic (exact) mass is 329 g/mol. The number of rotatable bonds is 2. The second-order valence-electron chi connectivity index (χ2n) is 6.92. The summed E-state index contributed by atoms with van der Waals surface area (Å²) in [5.74, 6) is 0. The maximum atomic E-state index is 5.09. The molecule has 0 N–H and O–H groups in total. The molecule has 2 saturated heterocycles. The Hall–Kier alpha value is -1.29. The number of benzene rings is 1. The van der Waals surface area contributed by atoms with Crippen molar-refractivity contribution in [2.45, 2.75) is 51.4 Å². The third-order valence-corrected chi connectivity index (χ3v) is 6.29. The number of fused-ring (bicyclic) bond motifs is 1. The highest BCUT2D eigenvalue weighted by Crippen LogP contribution is 2.36. The van der Waals surface area contributed by atoms with Crippen molar-refractivity contribution in [1.29, 1.82) is 0 Å². The lowest BCUT2D eigenvalue weighted by molar-refractivity contribution is 0.726. The normalized spacial score (nSPS) is 20.5. The van der Waals surface area contributed by atoms with Crippen molar-refractivity contribution in [2.24, 2.45) is 0 Å². The molecule has 124 valence electrons. The highest BCUT2D eigenvalue weighted by atomic mass is 32.1. The molecule has 1 aromatic heterocycles. The molecule has 23 heavy (non-hydrogen) atoms. The maximum Gasteiger partial charge on any atom is 0.186 e. The molecule has 0 atom stereocenters. The summed E-state index contributed by atoms with van der Waals surface area (Å²) in [6, 6.07) is 6.74. The quantitative estimate of drug-likeness (QED) is 0.768. The Morgan fingerprint density at radius 1 is 0.739 bits per heavy atom. The molecule has 0 aliphatic carbocycles. The van der Waals surface area contributed by atoms with Crippen molar-refractivity contribution in [2.75, 3.05) is 36.0 Å². The summed E-state index contributed by atoms with van der Waals surface area (Å²) >= 11 is 1.88. The molecular formula is C19H27N3S. The molecule has 3 heterocycles. The predicted molar refractivity (Wildman–Crippen MR) is 101 cm³/mol. The van der Waals surface area contributed by atoms with Crippen LogP contribution in [0.4, 0.5) is 10.8 Å². The first-order chi connectivity index (χ1) is 11.4. The lowest BCUT2D eigenvalue weighted by atomic mass is 10.2. The van der Waals surface area contributed by atoms with E-state index in [1.165, 1.54) is 98.6 Å². The van der Waals surface area contributed by atoms with Gasteiger partial charge in [0.25, 0.3) is 0 Å². The average Bonchev–Trinajstić information content (AvgIpc) is 2.78. The van der Waals surface area contributed by atoms with Gasteiger partial charge in [0.15, 0.2) is 5.13 Å². The van der Waals surface area contributed by atoms with E-state index in [4.69, 9.17) is 4.98 Å². The standard InChI is InChI=1S/C19H27N3S/c1-2-6-13-21(12-5-1)16-10-9-11-17-18(16)20-19(23-17)22-14-7-3-4-8-15-22/h9-11H,1-8,12-15H2. The number of anilines is 2. The molecule has 4 rings (SSSR count). The van der Waals surface area contributed by atoms with Crippen molar-refractivity contribution in [3.8, 4) is 0 Å².